The van der Waals surface area contributed by atoms with E-state index in [0.717, 1.165) is 6.08 Å². The Bertz CT molecular complexity index is 605. The van der Waals surface area contributed by atoms with Crippen LogP contribution in [0.2, 0.25) is 0 Å². The van der Waals surface area contributed by atoms with Gasteiger partial charge in [0, 0.05) is 11.8 Å². The molecular weight excluding hydrogens is 448 g/mol. The summed E-state index contributed by atoms with van der Waals surface area (Å²) >= 11 is 0. The lowest BCUT2D eigenvalue weighted by Gasteiger charge is -2.48. The normalized spacial score (nSPS) is 25.9. The second-order valence-corrected chi connectivity index (χ2v) is 8.27. The lowest BCUT2D eigenvalue weighted by Crippen LogP contribution is -2.70. The Balaban J connectivity index is 3.03. The van der Waals surface area contributed by atoms with Crippen molar-refractivity contribution in [2.45, 2.75) is 95.1 Å². The molecule has 1 aliphatic rings. The van der Waals surface area contributed by atoms with Gasteiger partial charge in [0.1, 0.15) is 5.54 Å². The predicted octanol–water partition coefficient (Wildman–Crippen LogP) is 3.04. The first-order chi connectivity index (χ1) is 14.7. The summed E-state index contributed by atoms with van der Waals surface area (Å²) in [5.41, 5.74) is 4.09. The maximum atomic E-state index is 14.3. The summed E-state index contributed by atoms with van der Waals surface area (Å²) in [5, 5.41) is 30.4. The van der Waals surface area contributed by atoms with Crippen molar-refractivity contribution in [2.75, 3.05) is 6.61 Å². The Hall–Kier alpha value is -0.920. The van der Waals surface area contributed by atoms with Crippen LogP contribution in [0.1, 0.15) is 46.5 Å². The van der Waals surface area contributed by atoms with Crippen LogP contribution in [0.25, 0.3) is 0 Å². The number of halogens is 6. The van der Waals surface area contributed by atoms with Gasteiger partial charge in [0.25, 0.3) is 0 Å². The molecule has 0 amide bonds. The molecule has 32 heavy (non-hydrogen) atoms. The zero-order valence-electron chi connectivity index (χ0n) is 18.2. The fraction of sp³-hybridized carbons (Fsp3) is 0.900. The van der Waals surface area contributed by atoms with E-state index in [9.17, 15) is 41.7 Å². The molecule has 0 radical (unpaired) electrons. The summed E-state index contributed by atoms with van der Waals surface area (Å²) in [4.78, 5) is 0. The van der Waals surface area contributed by atoms with Crippen LogP contribution in [-0.2, 0) is 9.47 Å². The Labute approximate surface area is 183 Å². The molecular formula is C20H33F6NO5. The van der Waals surface area contributed by atoms with Crippen molar-refractivity contribution in [3.8, 4) is 0 Å². The second-order valence-electron chi connectivity index (χ2n) is 8.27. The van der Waals surface area contributed by atoms with Crippen LogP contribution in [0.5, 0.6) is 0 Å². The number of rotatable bonds is 14. The molecule has 0 bridgehead atoms. The van der Waals surface area contributed by atoms with E-state index in [1.54, 1.807) is 6.92 Å². The maximum absolute atomic E-state index is 14.3. The number of nitrogens with two attached hydrogens (primary N) is 1. The van der Waals surface area contributed by atoms with E-state index < -0.39 is 73.5 Å². The van der Waals surface area contributed by atoms with Gasteiger partial charge in [-0.3, -0.25) is 0 Å². The average molecular weight is 481 g/mol. The van der Waals surface area contributed by atoms with Crippen molar-refractivity contribution >= 4 is 0 Å². The fourth-order valence-electron chi connectivity index (χ4n) is 3.42. The molecule has 0 aliphatic carbocycles. The number of alkyl halides is 6. The molecule has 0 saturated carbocycles. The molecule has 5 N–H and O–H groups in total. The van der Waals surface area contributed by atoms with E-state index in [2.05, 4.69) is 0 Å². The number of aliphatic hydroxyl groups excluding tert-OH is 3. The number of hydrogen-bond acceptors (Lipinski definition) is 6. The van der Waals surface area contributed by atoms with Crippen molar-refractivity contribution in [1.29, 1.82) is 0 Å². The van der Waals surface area contributed by atoms with E-state index in [4.69, 9.17) is 15.2 Å². The first kappa shape index (κ1) is 29.1. The minimum atomic E-state index is -5.57. The van der Waals surface area contributed by atoms with E-state index in [-0.39, 0.29) is 6.42 Å². The van der Waals surface area contributed by atoms with Crippen molar-refractivity contribution in [2.24, 2.45) is 17.6 Å². The number of aliphatic hydroxyl groups is 3. The molecule has 0 aromatic heterocycles. The molecule has 1 aliphatic heterocycles. The Morgan fingerprint density at radius 1 is 1.03 bits per heavy atom. The maximum Gasteiger partial charge on any atom is 0.369 e. The molecule has 0 spiro atoms. The van der Waals surface area contributed by atoms with E-state index >= 15 is 0 Å². The number of ether oxygens (including phenoxy) is 2. The van der Waals surface area contributed by atoms with Gasteiger partial charge < -0.3 is 30.5 Å². The van der Waals surface area contributed by atoms with Gasteiger partial charge in [-0.05, 0) is 13.3 Å². The van der Waals surface area contributed by atoms with Crippen LogP contribution < -0.4 is 5.73 Å². The van der Waals surface area contributed by atoms with Crippen LogP contribution in [0, 0.1) is 11.8 Å². The summed E-state index contributed by atoms with van der Waals surface area (Å²) in [6.07, 6.45) is -7.87. The van der Waals surface area contributed by atoms with Gasteiger partial charge >= 0.3 is 18.3 Å². The summed E-state index contributed by atoms with van der Waals surface area (Å²) in [5.74, 6) is -14.1. The van der Waals surface area contributed by atoms with Gasteiger partial charge in [-0.15, -0.1) is 0 Å². The van der Waals surface area contributed by atoms with Crippen molar-refractivity contribution < 1.29 is 51.1 Å². The Morgan fingerprint density at radius 2 is 1.59 bits per heavy atom. The third-order valence-electron chi connectivity index (χ3n) is 5.77. The molecule has 5 unspecified atom stereocenters. The van der Waals surface area contributed by atoms with Crippen LogP contribution in [-0.4, -0.2) is 70.5 Å². The van der Waals surface area contributed by atoms with E-state index in [1.807, 2.05) is 0 Å². The third kappa shape index (κ3) is 6.15. The standard InChI is InChI=1S/C20H33F6NO5/c1-4-5-6-7-13(19(23,24)20(25,26)16(21)22)8-9-14(29)11(2)15(30)18(27,10-28)17-31-12(3)32-17/h8-9,11-17,28-30H,4-7,10,27H2,1-3H3/b9-8+. The fourth-order valence-corrected chi connectivity index (χ4v) is 3.42. The van der Waals surface area contributed by atoms with Gasteiger partial charge in [-0.25, -0.2) is 8.78 Å². The Kier molecular flexibility index (Phi) is 10.4. The molecule has 1 saturated heterocycles. The van der Waals surface area contributed by atoms with Crippen LogP contribution in [0.15, 0.2) is 12.2 Å². The first-order valence-corrected chi connectivity index (χ1v) is 10.5. The van der Waals surface area contributed by atoms with Crippen LogP contribution in [0.4, 0.5) is 26.3 Å². The average Bonchev–Trinajstić information content (AvgIpc) is 2.71. The molecule has 6 nitrogen and oxygen atoms in total. The molecule has 190 valence electrons. The van der Waals surface area contributed by atoms with Crippen molar-refractivity contribution in [3.05, 3.63) is 12.2 Å². The van der Waals surface area contributed by atoms with Gasteiger partial charge in [0.15, 0.2) is 12.6 Å². The molecule has 5 atom stereocenters. The summed E-state index contributed by atoms with van der Waals surface area (Å²) in [6, 6.07) is 0. The minimum Gasteiger partial charge on any atom is -0.394 e. The quantitative estimate of drug-likeness (QED) is 0.173. The van der Waals surface area contributed by atoms with Crippen molar-refractivity contribution in [1.82, 2.24) is 0 Å². The zero-order chi connectivity index (χ0) is 24.9. The lowest BCUT2D eigenvalue weighted by atomic mass is 9.81. The predicted molar refractivity (Wildman–Crippen MR) is 103 cm³/mol. The molecule has 1 rings (SSSR count). The zero-order valence-corrected chi connectivity index (χ0v) is 18.2. The Morgan fingerprint density at radius 3 is 2.03 bits per heavy atom. The highest BCUT2D eigenvalue weighted by atomic mass is 19.3. The highest BCUT2D eigenvalue weighted by molar-refractivity contribution is 5.07. The first-order valence-electron chi connectivity index (χ1n) is 10.5. The van der Waals surface area contributed by atoms with Gasteiger partial charge in [0.05, 0.1) is 18.8 Å². The summed E-state index contributed by atoms with van der Waals surface area (Å²) < 4.78 is 91.3. The highest BCUT2D eigenvalue weighted by Crippen LogP contribution is 2.46. The minimum absolute atomic E-state index is 0.0830. The van der Waals surface area contributed by atoms with E-state index in [1.165, 1.54) is 13.8 Å². The second kappa shape index (κ2) is 11.5. The van der Waals surface area contributed by atoms with E-state index in [0.29, 0.717) is 18.9 Å². The SMILES string of the molecule is CCCCCC(/C=C/C(O)C(C)C(O)C(N)(CO)C1OC(C)O1)C(F)(F)C(F)(F)C(F)F. The molecule has 1 fully saturated rings. The van der Waals surface area contributed by atoms with Crippen LogP contribution >= 0.6 is 0 Å². The largest absolute Gasteiger partial charge is 0.394 e. The third-order valence-corrected chi connectivity index (χ3v) is 5.77. The number of allylic oxidation sites excluding steroid dienone is 1. The molecule has 0 aromatic carbocycles. The highest BCUT2D eigenvalue weighted by Gasteiger charge is 2.65. The summed E-state index contributed by atoms with van der Waals surface area (Å²) in [7, 11) is 0. The van der Waals surface area contributed by atoms with Gasteiger partial charge in [-0.2, -0.15) is 17.6 Å². The van der Waals surface area contributed by atoms with Crippen LogP contribution in [0.3, 0.4) is 0 Å². The molecule has 0 aromatic rings. The molecule has 12 heteroatoms. The monoisotopic (exact) mass is 481 g/mol. The lowest BCUT2D eigenvalue weighted by molar-refractivity contribution is -0.405. The number of hydrogen-bond donors (Lipinski definition) is 4. The molecule has 1 heterocycles. The van der Waals surface area contributed by atoms with Gasteiger partial charge in [0.2, 0.25) is 0 Å². The topological polar surface area (TPSA) is 105 Å². The smallest absolute Gasteiger partial charge is 0.369 e. The van der Waals surface area contributed by atoms with Gasteiger partial charge in [-0.1, -0.05) is 45.3 Å². The number of unbranched alkanes of at least 4 members (excludes halogenated alkanes) is 2. The summed E-state index contributed by atoms with van der Waals surface area (Å²) in [6.45, 7) is 3.75. The van der Waals surface area contributed by atoms with Crippen molar-refractivity contribution in [3.63, 3.8) is 0 Å².